The Morgan fingerprint density at radius 3 is 2.47 bits per heavy atom. The molecule has 0 aliphatic carbocycles. The lowest BCUT2D eigenvalue weighted by molar-refractivity contribution is 0.639. The quantitative estimate of drug-likeness (QED) is 0.703. The highest BCUT2D eigenvalue weighted by Crippen LogP contribution is 2.31. The first-order chi connectivity index (χ1) is 7.11. The predicted molar refractivity (Wildman–Crippen MR) is 62.4 cm³/mol. The van der Waals surface area contributed by atoms with Gasteiger partial charge in [0.1, 0.15) is 5.82 Å². The molecule has 2 rings (SSSR count). The largest absolute Gasteiger partial charge is 0.398 e. The van der Waals surface area contributed by atoms with E-state index in [4.69, 9.17) is 5.73 Å². The fourth-order valence-corrected chi connectivity index (χ4v) is 2.00. The summed E-state index contributed by atoms with van der Waals surface area (Å²) in [6, 6.07) is 8.64. The monoisotopic (exact) mass is 203 g/mol. The van der Waals surface area contributed by atoms with Crippen LogP contribution in [-0.2, 0) is 0 Å². The lowest BCUT2D eigenvalue weighted by Gasteiger charge is -2.13. The Morgan fingerprint density at radius 1 is 1.07 bits per heavy atom. The van der Waals surface area contributed by atoms with Crippen molar-refractivity contribution in [3.63, 3.8) is 0 Å². The van der Waals surface area contributed by atoms with Crippen LogP contribution < -0.4 is 5.73 Å². The number of fused-ring (bicyclic) bond motifs is 1. The molecular weight excluding hydrogens is 189 g/mol. The fraction of sp³-hybridized carbons (Fsp3) is 0.231. The fourth-order valence-electron chi connectivity index (χ4n) is 2.00. The zero-order valence-corrected chi connectivity index (χ0v) is 8.92. The van der Waals surface area contributed by atoms with Gasteiger partial charge in [-0.1, -0.05) is 26.0 Å². The second-order valence-electron chi connectivity index (χ2n) is 4.06. The first-order valence-corrected chi connectivity index (χ1v) is 5.08. The minimum Gasteiger partial charge on any atom is -0.398 e. The minimum absolute atomic E-state index is 0.186. The van der Waals surface area contributed by atoms with Crippen molar-refractivity contribution in [1.29, 1.82) is 0 Å². The molecular formula is C13H14FN. The van der Waals surface area contributed by atoms with Crippen LogP contribution in [-0.4, -0.2) is 0 Å². The third kappa shape index (κ3) is 1.56. The third-order valence-corrected chi connectivity index (χ3v) is 2.66. The van der Waals surface area contributed by atoms with Gasteiger partial charge in [-0.2, -0.15) is 0 Å². The summed E-state index contributed by atoms with van der Waals surface area (Å²) in [5, 5.41) is 1.57. The SMILES string of the molecule is CC(C)c1c(N)ccc2c(F)cccc12. The Morgan fingerprint density at radius 2 is 1.80 bits per heavy atom. The molecule has 0 radical (unpaired) electrons. The topological polar surface area (TPSA) is 26.0 Å². The summed E-state index contributed by atoms with van der Waals surface area (Å²) < 4.78 is 13.5. The lowest BCUT2D eigenvalue weighted by Crippen LogP contribution is -1.98. The standard InChI is InChI=1S/C13H14FN/c1-8(2)13-10-4-3-5-11(14)9(10)6-7-12(13)15/h3-8H,15H2,1-2H3. The summed E-state index contributed by atoms with van der Waals surface area (Å²) in [7, 11) is 0. The second kappa shape index (κ2) is 3.54. The van der Waals surface area contributed by atoms with E-state index < -0.39 is 0 Å². The van der Waals surface area contributed by atoms with Gasteiger partial charge >= 0.3 is 0 Å². The van der Waals surface area contributed by atoms with Crippen molar-refractivity contribution in [1.82, 2.24) is 0 Å². The summed E-state index contributed by atoms with van der Waals surface area (Å²) in [6.45, 7) is 4.13. The Labute approximate surface area is 88.7 Å². The second-order valence-corrected chi connectivity index (χ2v) is 4.06. The zero-order chi connectivity index (χ0) is 11.0. The summed E-state index contributed by atoms with van der Waals surface area (Å²) in [6.07, 6.45) is 0. The third-order valence-electron chi connectivity index (χ3n) is 2.66. The van der Waals surface area contributed by atoms with Crippen LogP contribution >= 0.6 is 0 Å². The molecule has 2 heteroatoms. The Bertz CT molecular complexity index is 503. The number of hydrogen-bond acceptors (Lipinski definition) is 1. The van der Waals surface area contributed by atoms with Crippen molar-refractivity contribution >= 4 is 16.5 Å². The van der Waals surface area contributed by atoms with Gasteiger partial charge in [0, 0.05) is 11.1 Å². The van der Waals surface area contributed by atoms with Crippen molar-refractivity contribution in [2.45, 2.75) is 19.8 Å². The normalized spacial score (nSPS) is 11.2. The molecule has 0 fully saturated rings. The van der Waals surface area contributed by atoms with E-state index in [1.165, 1.54) is 6.07 Å². The van der Waals surface area contributed by atoms with Crippen molar-refractivity contribution in [2.75, 3.05) is 5.73 Å². The van der Waals surface area contributed by atoms with E-state index in [0.29, 0.717) is 11.3 Å². The number of halogens is 1. The van der Waals surface area contributed by atoms with Crippen LogP contribution in [0.25, 0.3) is 10.8 Å². The van der Waals surface area contributed by atoms with Gasteiger partial charge < -0.3 is 5.73 Å². The van der Waals surface area contributed by atoms with Crippen LogP contribution in [0, 0.1) is 5.82 Å². The van der Waals surface area contributed by atoms with E-state index in [9.17, 15) is 4.39 Å². The summed E-state index contributed by atoms with van der Waals surface area (Å²) in [5.41, 5.74) is 7.69. The van der Waals surface area contributed by atoms with E-state index >= 15 is 0 Å². The van der Waals surface area contributed by atoms with E-state index in [-0.39, 0.29) is 5.82 Å². The molecule has 0 bridgehead atoms. The van der Waals surface area contributed by atoms with Crippen LogP contribution in [0.4, 0.5) is 10.1 Å². The number of nitrogen functional groups attached to an aromatic ring is 1. The number of hydrogen-bond donors (Lipinski definition) is 1. The van der Waals surface area contributed by atoms with Gasteiger partial charge in [-0.3, -0.25) is 0 Å². The van der Waals surface area contributed by atoms with E-state index in [1.54, 1.807) is 18.2 Å². The number of benzene rings is 2. The minimum atomic E-state index is -0.186. The van der Waals surface area contributed by atoms with Crippen LogP contribution in [0.5, 0.6) is 0 Å². The molecule has 78 valence electrons. The molecule has 1 nitrogen and oxygen atoms in total. The van der Waals surface area contributed by atoms with Gasteiger partial charge in [0.15, 0.2) is 0 Å². The molecule has 2 aromatic rings. The van der Waals surface area contributed by atoms with E-state index in [2.05, 4.69) is 13.8 Å². The summed E-state index contributed by atoms with van der Waals surface area (Å²) in [5.74, 6) is 0.116. The van der Waals surface area contributed by atoms with Crippen molar-refractivity contribution in [2.24, 2.45) is 0 Å². The van der Waals surface area contributed by atoms with Gasteiger partial charge in [-0.05, 0) is 35.1 Å². The molecule has 0 saturated carbocycles. The molecule has 0 spiro atoms. The zero-order valence-electron chi connectivity index (χ0n) is 8.92. The van der Waals surface area contributed by atoms with Gasteiger partial charge in [-0.15, -0.1) is 0 Å². The Hall–Kier alpha value is -1.57. The number of nitrogens with two attached hydrogens (primary N) is 1. The van der Waals surface area contributed by atoms with Crippen molar-refractivity contribution in [3.05, 3.63) is 41.7 Å². The highest BCUT2D eigenvalue weighted by Gasteiger charge is 2.10. The Balaban J connectivity index is 2.88. The number of anilines is 1. The maximum atomic E-state index is 13.5. The molecule has 0 unspecified atom stereocenters. The molecule has 0 aromatic heterocycles. The van der Waals surface area contributed by atoms with Gasteiger partial charge in [0.2, 0.25) is 0 Å². The average molecular weight is 203 g/mol. The molecule has 0 aliphatic rings. The van der Waals surface area contributed by atoms with Crippen LogP contribution in [0.2, 0.25) is 0 Å². The first kappa shape index (κ1) is 9.97. The Kier molecular flexibility index (Phi) is 2.35. The van der Waals surface area contributed by atoms with Crippen LogP contribution in [0.1, 0.15) is 25.3 Å². The molecule has 2 aromatic carbocycles. The number of rotatable bonds is 1. The van der Waals surface area contributed by atoms with E-state index in [0.717, 1.165) is 16.6 Å². The molecule has 0 atom stereocenters. The maximum Gasteiger partial charge on any atom is 0.131 e. The van der Waals surface area contributed by atoms with Crippen LogP contribution in [0.3, 0.4) is 0 Å². The average Bonchev–Trinajstić information content (AvgIpc) is 2.17. The van der Waals surface area contributed by atoms with Crippen molar-refractivity contribution in [3.8, 4) is 0 Å². The summed E-state index contributed by atoms with van der Waals surface area (Å²) in [4.78, 5) is 0. The van der Waals surface area contributed by atoms with Crippen molar-refractivity contribution < 1.29 is 4.39 Å². The summed E-state index contributed by atoms with van der Waals surface area (Å²) >= 11 is 0. The molecule has 0 saturated heterocycles. The van der Waals surface area contributed by atoms with Gasteiger partial charge in [0.25, 0.3) is 0 Å². The van der Waals surface area contributed by atoms with Gasteiger partial charge in [0.05, 0.1) is 0 Å². The smallest absolute Gasteiger partial charge is 0.131 e. The highest BCUT2D eigenvalue weighted by atomic mass is 19.1. The maximum absolute atomic E-state index is 13.5. The highest BCUT2D eigenvalue weighted by molar-refractivity contribution is 5.90. The molecule has 15 heavy (non-hydrogen) atoms. The first-order valence-electron chi connectivity index (χ1n) is 5.08. The van der Waals surface area contributed by atoms with Crippen LogP contribution in [0.15, 0.2) is 30.3 Å². The molecule has 0 heterocycles. The van der Waals surface area contributed by atoms with Gasteiger partial charge in [-0.25, -0.2) is 4.39 Å². The molecule has 2 N–H and O–H groups in total. The molecule has 0 aliphatic heterocycles. The predicted octanol–water partition coefficient (Wildman–Crippen LogP) is 3.68. The molecule has 0 amide bonds. The lowest BCUT2D eigenvalue weighted by atomic mass is 9.94. The van der Waals surface area contributed by atoms with E-state index in [1.807, 2.05) is 6.07 Å².